The fraction of sp³-hybridized carbons (Fsp3) is 0.667. The molecule has 186 valence electrons. The van der Waals surface area contributed by atoms with E-state index < -0.39 is 23.3 Å². The van der Waals surface area contributed by atoms with Crippen molar-refractivity contribution in [2.45, 2.75) is 95.9 Å². The number of carbonyl (C=O) groups is 3. The number of nitrogens with one attached hydrogen (secondary N) is 1. The third-order valence-electron chi connectivity index (χ3n) is 7.37. The van der Waals surface area contributed by atoms with Crippen LogP contribution in [0.15, 0.2) is 30.3 Å². The van der Waals surface area contributed by atoms with E-state index in [1.807, 2.05) is 30.3 Å². The van der Waals surface area contributed by atoms with Crippen molar-refractivity contribution < 1.29 is 23.9 Å². The van der Waals surface area contributed by atoms with Crippen LogP contribution in [0.3, 0.4) is 0 Å². The molecule has 1 aromatic carbocycles. The van der Waals surface area contributed by atoms with Gasteiger partial charge in [-0.05, 0) is 57.4 Å². The quantitative estimate of drug-likeness (QED) is 0.590. The van der Waals surface area contributed by atoms with Gasteiger partial charge in [0.05, 0.1) is 0 Å². The van der Waals surface area contributed by atoms with Crippen LogP contribution in [0.5, 0.6) is 0 Å². The zero-order chi connectivity index (χ0) is 24.3. The molecule has 34 heavy (non-hydrogen) atoms. The fourth-order valence-electron chi connectivity index (χ4n) is 5.60. The zero-order valence-corrected chi connectivity index (χ0v) is 20.7. The number of likely N-dealkylation sites (tertiary alicyclic amines) is 1. The summed E-state index contributed by atoms with van der Waals surface area (Å²) >= 11 is 0. The van der Waals surface area contributed by atoms with E-state index in [4.69, 9.17) is 9.47 Å². The van der Waals surface area contributed by atoms with Gasteiger partial charge in [-0.1, -0.05) is 62.4 Å². The molecule has 0 unspecified atom stereocenters. The Kier molecular flexibility index (Phi) is 7.20. The first-order chi connectivity index (χ1) is 16.2. The lowest BCUT2D eigenvalue weighted by molar-refractivity contribution is -0.158. The summed E-state index contributed by atoms with van der Waals surface area (Å²) in [5, 5.41) is 2.85. The highest BCUT2D eigenvalue weighted by Crippen LogP contribution is 2.56. The van der Waals surface area contributed by atoms with Crippen LogP contribution in [0.4, 0.5) is 4.79 Å². The number of rotatable bonds is 7. The van der Waals surface area contributed by atoms with E-state index in [9.17, 15) is 14.4 Å². The van der Waals surface area contributed by atoms with Gasteiger partial charge < -0.3 is 19.7 Å². The number of nitrogens with zero attached hydrogens (tertiary/aromatic N) is 1. The fourth-order valence-corrected chi connectivity index (χ4v) is 5.60. The Morgan fingerprint density at radius 2 is 1.79 bits per heavy atom. The van der Waals surface area contributed by atoms with Crippen molar-refractivity contribution in [3.8, 4) is 0 Å². The predicted octanol–water partition coefficient (Wildman–Crippen LogP) is 4.58. The first-order valence-electron chi connectivity index (χ1n) is 12.7. The van der Waals surface area contributed by atoms with Gasteiger partial charge in [0.1, 0.15) is 23.8 Å². The number of piperidine rings is 1. The molecule has 7 nitrogen and oxygen atoms in total. The lowest BCUT2D eigenvalue weighted by atomic mass is 9.84. The molecular weight excluding hydrogens is 432 g/mol. The maximum absolute atomic E-state index is 13.8. The number of carbonyl (C=O) groups excluding carboxylic acids is 3. The third kappa shape index (κ3) is 5.56. The molecular formula is C27H38N2O5. The Morgan fingerprint density at radius 1 is 1.09 bits per heavy atom. The molecule has 3 atom stereocenters. The zero-order valence-electron chi connectivity index (χ0n) is 20.7. The van der Waals surface area contributed by atoms with Gasteiger partial charge in [-0.15, -0.1) is 0 Å². The van der Waals surface area contributed by atoms with E-state index in [0.717, 1.165) is 37.7 Å². The number of amides is 2. The summed E-state index contributed by atoms with van der Waals surface area (Å²) in [6.45, 7) is 6.12. The monoisotopic (exact) mass is 470 g/mol. The van der Waals surface area contributed by atoms with E-state index >= 15 is 0 Å². The minimum atomic E-state index is -0.883. The van der Waals surface area contributed by atoms with Gasteiger partial charge >= 0.3 is 12.1 Å². The highest BCUT2D eigenvalue weighted by molar-refractivity contribution is 5.95. The molecule has 0 radical (unpaired) electrons. The van der Waals surface area contributed by atoms with Gasteiger partial charge in [0.15, 0.2) is 0 Å². The SMILES string of the molecule is CC(C)(C)OC(=O)N[C@H](CC1CCCCC1)C(=O)N1CC[C@@H]2C[C@@]21C(=O)OCc1ccccc1. The molecule has 0 spiro atoms. The van der Waals surface area contributed by atoms with Crippen molar-refractivity contribution in [2.75, 3.05) is 6.54 Å². The van der Waals surface area contributed by atoms with Crippen LogP contribution in [-0.4, -0.2) is 46.6 Å². The van der Waals surface area contributed by atoms with Crippen LogP contribution in [0.25, 0.3) is 0 Å². The maximum Gasteiger partial charge on any atom is 0.408 e. The van der Waals surface area contributed by atoms with E-state index in [1.165, 1.54) is 6.42 Å². The third-order valence-corrected chi connectivity index (χ3v) is 7.37. The minimum Gasteiger partial charge on any atom is -0.459 e. The Morgan fingerprint density at radius 3 is 2.44 bits per heavy atom. The summed E-state index contributed by atoms with van der Waals surface area (Å²) in [7, 11) is 0. The maximum atomic E-state index is 13.8. The molecule has 0 aromatic heterocycles. The van der Waals surface area contributed by atoms with Crippen LogP contribution in [0.2, 0.25) is 0 Å². The van der Waals surface area contributed by atoms with E-state index in [1.54, 1.807) is 25.7 Å². The van der Waals surface area contributed by atoms with Gasteiger partial charge in [0.25, 0.3) is 0 Å². The van der Waals surface area contributed by atoms with Gasteiger partial charge in [-0.2, -0.15) is 0 Å². The second-order valence-electron chi connectivity index (χ2n) is 11.1. The smallest absolute Gasteiger partial charge is 0.408 e. The molecule has 3 fully saturated rings. The van der Waals surface area contributed by atoms with Crippen LogP contribution in [-0.2, 0) is 25.7 Å². The highest BCUT2D eigenvalue weighted by Gasteiger charge is 2.70. The highest BCUT2D eigenvalue weighted by atomic mass is 16.6. The molecule has 1 heterocycles. The molecule has 1 saturated heterocycles. The van der Waals surface area contributed by atoms with Crippen molar-refractivity contribution in [3.63, 3.8) is 0 Å². The predicted molar refractivity (Wildman–Crippen MR) is 128 cm³/mol. The number of esters is 1. The molecule has 7 heteroatoms. The average Bonchev–Trinajstić information content (AvgIpc) is 3.41. The summed E-state index contributed by atoms with van der Waals surface area (Å²) < 4.78 is 11.1. The van der Waals surface area contributed by atoms with Gasteiger partial charge in [0.2, 0.25) is 5.91 Å². The Labute approximate surface area is 202 Å². The van der Waals surface area contributed by atoms with Crippen LogP contribution in [0, 0.1) is 11.8 Å². The first-order valence-corrected chi connectivity index (χ1v) is 12.7. The molecule has 1 aromatic rings. The summed E-state index contributed by atoms with van der Waals surface area (Å²) in [6, 6.07) is 8.87. The van der Waals surface area contributed by atoms with Crippen molar-refractivity contribution >= 4 is 18.0 Å². The lowest BCUT2D eigenvalue weighted by Crippen LogP contribution is -2.55. The Hall–Kier alpha value is -2.57. The molecule has 0 bridgehead atoms. The first kappa shape index (κ1) is 24.6. The number of hydrogen-bond acceptors (Lipinski definition) is 5. The summed E-state index contributed by atoms with van der Waals surface area (Å²) in [5.74, 6) is 0.00165. The second-order valence-corrected chi connectivity index (χ2v) is 11.1. The normalized spacial score (nSPS) is 25.3. The summed E-state index contributed by atoms with van der Waals surface area (Å²) in [5.41, 5.74) is -0.617. The molecule has 3 aliphatic rings. The molecule has 2 saturated carbocycles. The van der Waals surface area contributed by atoms with Crippen molar-refractivity contribution in [1.29, 1.82) is 0 Å². The van der Waals surface area contributed by atoms with Crippen LogP contribution < -0.4 is 5.32 Å². The number of hydrogen-bond donors (Lipinski definition) is 1. The standard InChI is InChI=1S/C27H38N2O5/c1-26(2,3)34-25(32)28-22(16-19-10-6-4-7-11-19)23(30)29-15-14-21-17-27(21,29)24(31)33-18-20-12-8-5-9-13-20/h5,8-9,12-13,19,21-22H,4,6-7,10-11,14-18H2,1-3H3,(H,28,32)/t21-,22-,27+/m1/s1. The molecule has 2 amide bonds. The molecule has 1 N–H and O–H groups in total. The average molecular weight is 471 g/mol. The number of fused-ring (bicyclic) bond motifs is 1. The largest absolute Gasteiger partial charge is 0.459 e. The van der Waals surface area contributed by atoms with E-state index in [0.29, 0.717) is 25.3 Å². The van der Waals surface area contributed by atoms with E-state index in [-0.39, 0.29) is 24.4 Å². The van der Waals surface area contributed by atoms with Crippen molar-refractivity contribution in [1.82, 2.24) is 10.2 Å². The Bertz CT molecular complexity index is 890. The van der Waals surface area contributed by atoms with Crippen molar-refractivity contribution in [2.24, 2.45) is 11.8 Å². The molecule has 2 aliphatic carbocycles. The molecule has 4 rings (SSSR count). The van der Waals surface area contributed by atoms with E-state index in [2.05, 4.69) is 5.32 Å². The molecule has 1 aliphatic heterocycles. The number of alkyl carbamates (subject to hydrolysis) is 1. The van der Waals surface area contributed by atoms with Gasteiger partial charge in [-0.25, -0.2) is 9.59 Å². The minimum absolute atomic E-state index is 0.136. The topological polar surface area (TPSA) is 84.9 Å². The van der Waals surface area contributed by atoms with Gasteiger partial charge in [-0.3, -0.25) is 4.79 Å². The summed E-state index contributed by atoms with van der Waals surface area (Å²) in [4.78, 5) is 41.3. The number of benzene rings is 1. The van der Waals surface area contributed by atoms with Crippen LogP contribution >= 0.6 is 0 Å². The number of ether oxygens (including phenoxy) is 2. The van der Waals surface area contributed by atoms with Crippen LogP contribution in [0.1, 0.15) is 77.7 Å². The lowest BCUT2D eigenvalue weighted by Gasteiger charge is -2.33. The second kappa shape index (κ2) is 9.96. The van der Waals surface area contributed by atoms with Crippen molar-refractivity contribution in [3.05, 3.63) is 35.9 Å². The Balaban J connectivity index is 1.46. The van der Waals surface area contributed by atoms with Gasteiger partial charge in [0, 0.05) is 6.54 Å². The summed E-state index contributed by atoms with van der Waals surface area (Å²) in [6.07, 6.45) is 7.06.